The zero-order valence-electron chi connectivity index (χ0n) is 36.4. The van der Waals surface area contributed by atoms with Crippen molar-refractivity contribution in [2.24, 2.45) is 0 Å². The summed E-state index contributed by atoms with van der Waals surface area (Å²) in [5.41, 5.74) is 21.2. The van der Waals surface area contributed by atoms with E-state index in [4.69, 9.17) is 0 Å². The van der Waals surface area contributed by atoms with E-state index < -0.39 is 8.07 Å². The minimum atomic E-state index is -3.05. The van der Waals surface area contributed by atoms with E-state index in [9.17, 15) is 0 Å². The van der Waals surface area contributed by atoms with Crippen LogP contribution in [0.4, 0.5) is 0 Å². The van der Waals surface area contributed by atoms with Gasteiger partial charge in [-0.25, -0.2) is 0 Å². The van der Waals surface area contributed by atoms with Crippen molar-refractivity contribution in [2.75, 3.05) is 0 Å². The van der Waals surface area contributed by atoms with Gasteiger partial charge in [-0.3, -0.25) is 0 Å². The van der Waals surface area contributed by atoms with E-state index in [-0.39, 0.29) is 42.3 Å². The van der Waals surface area contributed by atoms with Gasteiger partial charge in [0.05, 0.1) is 0 Å². The normalized spacial score (nSPS) is 15.1. The van der Waals surface area contributed by atoms with Crippen molar-refractivity contribution < 1.29 is 57.7 Å². The molecule has 0 fully saturated rings. The first-order chi connectivity index (χ1) is 26.8. The Labute approximate surface area is 386 Å². The SMILES string of the molecule is CC1=C(C)C(C)([Si](c2cc(C)c(C)c(Cc3ccccc3)c2)(c2cc(C)c(C)c(Cc3ccccc3)c2)c2cc(C)c(C)c(Cc3ccccc3)c2)[C]([Ti+3])=C1C.[Cl-].[Cl-].[Cl-]. The summed E-state index contributed by atoms with van der Waals surface area (Å²) >= 11 is 2.46. The van der Waals surface area contributed by atoms with E-state index in [1.807, 2.05) is 0 Å². The van der Waals surface area contributed by atoms with E-state index in [2.05, 4.69) is 217 Å². The number of aryl methyl sites for hydroxylation is 3. The third-order valence-electron chi connectivity index (χ3n) is 13.8. The molecule has 5 heteroatoms. The van der Waals surface area contributed by atoms with Crippen molar-refractivity contribution in [1.29, 1.82) is 0 Å². The first-order valence-electron chi connectivity index (χ1n) is 20.3. The molecule has 0 amide bonds. The summed E-state index contributed by atoms with van der Waals surface area (Å²) in [6.07, 6.45) is 2.76. The van der Waals surface area contributed by atoms with Crippen molar-refractivity contribution in [3.63, 3.8) is 0 Å². The van der Waals surface area contributed by atoms with Gasteiger partial charge in [0.25, 0.3) is 0 Å². The summed E-state index contributed by atoms with van der Waals surface area (Å²) in [5.74, 6) is 0. The van der Waals surface area contributed by atoms with Crippen LogP contribution < -0.4 is 52.8 Å². The predicted molar refractivity (Wildman–Crippen MR) is 240 cm³/mol. The maximum absolute atomic E-state index is 3.05. The number of rotatable bonds is 10. The molecule has 0 N–H and O–H groups in total. The smallest absolute Gasteiger partial charge is 1.00 e. The molecule has 0 bridgehead atoms. The Hall–Kier alpha value is -3.40. The number of hydrogen-bond acceptors (Lipinski definition) is 0. The van der Waals surface area contributed by atoms with Gasteiger partial charge in [-0.2, -0.15) is 0 Å². The van der Waals surface area contributed by atoms with Crippen molar-refractivity contribution >= 4 is 23.6 Å². The van der Waals surface area contributed by atoms with Crippen LogP contribution in [-0.2, 0) is 39.7 Å². The molecule has 7 rings (SSSR count). The monoisotopic (exact) mass is 886 g/mol. The molecule has 6 aromatic rings. The Morgan fingerprint density at radius 1 is 0.424 bits per heavy atom. The number of benzene rings is 6. The molecule has 0 saturated carbocycles. The van der Waals surface area contributed by atoms with Gasteiger partial charge >= 0.3 is 352 Å². The molecule has 1 unspecified atom stereocenters. The molecular weight excluding hydrogens is 831 g/mol. The molecule has 0 spiro atoms. The molecular formula is C54H57Cl3SiTi. The molecule has 0 saturated heterocycles. The molecule has 1 aliphatic rings. The summed E-state index contributed by atoms with van der Waals surface area (Å²) in [6, 6.07) is 49.0. The van der Waals surface area contributed by atoms with Gasteiger partial charge in [0.2, 0.25) is 0 Å². The fourth-order valence-electron chi connectivity index (χ4n) is 9.69. The predicted octanol–water partition coefficient (Wildman–Crippen LogP) is 2.72. The fourth-order valence-corrected chi connectivity index (χ4v) is 17.7. The summed E-state index contributed by atoms with van der Waals surface area (Å²) in [5, 5.41) is 4.32. The van der Waals surface area contributed by atoms with Crippen LogP contribution in [0.5, 0.6) is 0 Å². The Morgan fingerprint density at radius 3 is 0.966 bits per heavy atom. The van der Waals surface area contributed by atoms with Crippen molar-refractivity contribution in [3.05, 3.63) is 215 Å². The largest absolute Gasteiger partial charge is 1.00 e. The van der Waals surface area contributed by atoms with Gasteiger partial charge in [-0.15, -0.1) is 0 Å². The van der Waals surface area contributed by atoms with Crippen molar-refractivity contribution in [1.82, 2.24) is 0 Å². The van der Waals surface area contributed by atoms with E-state index in [1.54, 1.807) is 0 Å². The second kappa shape index (κ2) is 19.5. The molecule has 6 aromatic carbocycles. The van der Waals surface area contributed by atoms with E-state index in [0.29, 0.717) is 0 Å². The van der Waals surface area contributed by atoms with E-state index in [0.717, 1.165) is 19.3 Å². The molecule has 0 nitrogen and oxygen atoms in total. The van der Waals surface area contributed by atoms with Crippen LogP contribution in [0.1, 0.15) is 94.5 Å². The Morgan fingerprint density at radius 2 is 0.712 bits per heavy atom. The van der Waals surface area contributed by atoms with Gasteiger partial charge in [-0.05, 0) is 0 Å². The average Bonchev–Trinajstić information content (AvgIpc) is 3.34. The third kappa shape index (κ3) is 8.72. The zero-order chi connectivity index (χ0) is 39.9. The second-order valence-corrected chi connectivity index (χ2v) is 21.9. The van der Waals surface area contributed by atoms with Gasteiger partial charge in [-0.1, -0.05) is 0 Å². The molecule has 0 aromatic heterocycles. The van der Waals surface area contributed by atoms with Crippen LogP contribution in [-0.4, -0.2) is 8.07 Å². The third-order valence-corrected chi connectivity index (χ3v) is 21.2. The van der Waals surface area contributed by atoms with Crippen LogP contribution in [0.3, 0.4) is 0 Å². The second-order valence-electron chi connectivity index (χ2n) is 16.8. The molecule has 1 aliphatic carbocycles. The zero-order valence-corrected chi connectivity index (χ0v) is 41.2. The maximum Gasteiger partial charge on any atom is -1.00 e. The summed E-state index contributed by atoms with van der Waals surface area (Å²) in [7, 11) is -3.05. The minimum Gasteiger partial charge on any atom is -1.00 e. The van der Waals surface area contributed by atoms with Crippen LogP contribution in [0.2, 0.25) is 5.04 Å². The molecule has 1 atom stereocenters. The first-order valence-corrected chi connectivity index (χ1v) is 23.1. The molecule has 59 heavy (non-hydrogen) atoms. The van der Waals surface area contributed by atoms with Gasteiger partial charge in [0, 0.05) is 0 Å². The first kappa shape index (κ1) is 48.3. The maximum atomic E-state index is 2.66. The topological polar surface area (TPSA) is 0 Å². The van der Waals surface area contributed by atoms with E-state index >= 15 is 0 Å². The van der Waals surface area contributed by atoms with Crippen molar-refractivity contribution in [2.45, 2.75) is 93.5 Å². The van der Waals surface area contributed by atoms with E-state index in [1.165, 1.54) is 103 Å². The average molecular weight is 888 g/mol. The molecule has 0 aliphatic heterocycles. The minimum absolute atomic E-state index is 0. The van der Waals surface area contributed by atoms with Crippen molar-refractivity contribution in [3.8, 4) is 0 Å². The number of halogens is 3. The molecule has 0 heterocycles. The van der Waals surface area contributed by atoms with Gasteiger partial charge in [0.15, 0.2) is 0 Å². The fraction of sp³-hybridized carbons (Fsp3) is 0.259. The van der Waals surface area contributed by atoms with Gasteiger partial charge in [0.1, 0.15) is 0 Å². The summed E-state index contributed by atoms with van der Waals surface area (Å²) < 4.78 is 1.52. The van der Waals surface area contributed by atoms with Gasteiger partial charge < -0.3 is 37.2 Å². The van der Waals surface area contributed by atoms with Crippen LogP contribution in [0, 0.1) is 41.5 Å². The Kier molecular flexibility index (Phi) is 16.0. The van der Waals surface area contributed by atoms with Crippen LogP contribution >= 0.6 is 0 Å². The molecule has 0 radical (unpaired) electrons. The Bertz CT molecular complexity index is 2240. The number of hydrogen-bond donors (Lipinski definition) is 0. The summed E-state index contributed by atoms with van der Waals surface area (Å²) in [4.78, 5) is 0. The van der Waals surface area contributed by atoms with Crippen LogP contribution in [0.25, 0.3) is 0 Å². The van der Waals surface area contributed by atoms with Crippen LogP contribution in [0.15, 0.2) is 148 Å². The summed E-state index contributed by atoms with van der Waals surface area (Å²) in [6.45, 7) is 23.9. The molecule has 302 valence electrons. The quantitative estimate of drug-likeness (QED) is 0.147. The number of allylic oxidation sites excluding steroid dienone is 4. The standard InChI is InChI=1S/C54H57Si.3ClH.Ti/c1-36-26-51(32-48(41(36)6)29-45-20-14-11-15-21-45)55(54(10)35-39(4)40(5)44(54)9,52-27-37(2)42(7)49(33-52)30-46-22-16-12-17-23-46)53-28-38(3)43(8)50(34-53)31-47-24-18-13-19-25-47;;;;/h11-28,32-34H,29-31H2,1-10H3;3*1H;/q;;;;+3/p-3. The Balaban J connectivity index is 0.00000256.